The van der Waals surface area contributed by atoms with Crippen LogP contribution >= 0.6 is 11.6 Å². The third-order valence-corrected chi connectivity index (χ3v) is 4.23. The van der Waals surface area contributed by atoms with Crippen LogP contribution in [0.15, 0.2) is 30.5 Å². The van der Waals surface area contributed by atoms with Crippen LogP contribution in [0.25, 0.3) is 5.69 Å². The van der Waals surface area contributed by atoms with Crippen molar-refractivity contribution < 1.29 is 9.53 Å². The highest BCUT2D eigenvalue weighted by atomic mass is 35.5. The number of hydrogen-bond acceptors (Lipinski definition) is 3. The Labute approximate surface area is 140 Å². The Morgan fingerprint density at radius 1 is 1.30 bits per heavy atom. The second-order valence-corrected chi connectivity index (χ2v) is 6.44. The van der Waals surface area contributed by atoms with Crippen LogP contribution in [0.4, 0.5) is 0 Å². The summed E-state index contributed by atoms with van der Waals surface area (Å²) in [5.41, 5.74) is 2.27. The largest absolute Gasteiger partial charge is 0.372 e. The predicted molar refractivity (Wildman–Crippen MR) is 89.2 cm³/mol. The van der Waals surface area contributed by atoms with Gasteiger partial charge in [0.15, 0.2) is 0 Å². The van der Waals surface area contributed by atoms with Crippen LogP contribution in [0, 0.1) is 6.92 Å². The zero-order chi connectivity index (χ0) is 16.6. The SMILES string of the molecule is Cc1c(C(=O)N2C[C@@H](C)O[C@@H](C)C2)cnn1-c1cccc(Cl)c1. The van der Waals surface area contributed by atoms with Crippen molar-refractivity contribution in [1.29, 1.82) is 0 Å². The molecule has 0 N–H and O–H groups in total. The number of ether oxygens (including phenoxy) is 1. The van der Waals surface area contributed by atoms with Gasteiger partial charge in [0.05, 0.1) is 35.3 Å². The Kier molecular flexibility index (Phi) is 4.41. The Balaban J connectivity index is 1.88. The highest BCUT2D eigenvalue weighted by Gasteiger charge is 2.28. The lowest BCUT2D eigenvalue weighted by Crippen LogP contribution is -2.48. The smallest absolute Gasteiger partial charge is 0.257 e. The molecule has 6 heteroatoms. The number of amides is 1. The molecule has 0 spiro atoms. The molecule has 5 nitrogen and oxygen atoms in total. The minimum Gasteiger partial charge on any atom is -0.372 e. The van der Waals surface area contributed by atoms with Gasteiger partial charge in [-0.2, -0.15) is 5.10 Å². The lowest BCUT2D eigenvalue weighted by atomic mass is 10.1. The van der Waals surface area contributed by atoms with Gasteiger partial charge >= 0.3 is 0 Å². The molecule has 0 radical (unpaired) electrons. The van der Waals surface area contributed by atoms with Crippen LogP contribution in [0.3, 0.4) is 0 Å². The summed E-state index contributed by atoms with van der Waals surface area (Å²) in [4.78, 5) is 14.7. The summed E-state index contributed by atoms with van der Waals surface area (Å²) in [5, 5.41) is 5.00. The van der Waals surface area contributed by atoms with Gasteiger partial charge in [-0.05, 0) is 39.0 Å². The second-order valence-electron chi connectivity index (χ2n) is 6.00. The fraction of sp³-hybridized carbons (Fsp3) is 0.412. The van der Waals surface area contributed by atoms with Crippen LogP contribution < -0.4 is 0 Å². The number of rotatable bonds is 2. The first kappa shape index (κ1) is 16.0. The maximum Gasteiger partial charge on any atom is 0.257 e. The minimum atomic E-state index is -0.00206. The lowest BCUT2D eigenvalue weighted by Gasteiger charge is -2.35. The Morgan fingerprint density at radius 2 is 2.00 bits per heavy atom. The molecule has 122 valence electrons. The summed E-state index contributed by atoms with van der Waals surface area (Å²) in [6, 6.07) is 7.42. The summed E-state index contributed by atoms with van der Waals surface area (Å²) < 4.78 is 7.43. The molecule has 2 heterocycles. The number of hydrogen-bond donors (Lipinski definition) is 0. The first-order chi connectivity index (χ1) is 11.0. The van der Waals surface area contributed by atoms with E-state index in [2.05, 4.69) is 5.10 Å². The van der Waals surface area contributed by atoms with E-state index in [1.165, 1.54) is 0 Å². The van der Waals surface area contributed by atoms with Crippen molar-refractivity contribution in [3.05, 3.63) is 46.7 Å². The molecular weight excluding hydrogens is 314 g/mol. The summed E-state index contributed by atoms with van der Waals surface area (Å²) in [7, 11) is 0. The third kappa shape index (κ3) is 3.26. The average molecular weight is 334 g/mol. The van der Waals surface area contributed by atoms with Crippen molar-refractivity contribution in [1.82, 2.24) is 14.7 Å². The van der Waals surface area contributed by atoms with Gasteiger partial charge < -0.3 is 9.64 Å². The van der Waals surface area contributed by atoms with Crippen molar-refractivity contribution >= 4 is 17.5 Å². The van der Waals surface area contributed by atoms with Crippen LogP contribution in [-0.4, -0.2) is 45.9 Å². The molecule has 1 saturated heterocycles. The molecule has 1 aliphatic heterocycles. The van der Waals surface area contributed by atoms with Crippen LogP contribution in [-0.2, 0) is 4.74 Å². The fourth-order valence-corrected chi connectivity index (χ4v) is 3.19. The van der Waals surface area contributed by atoms with Crippen LogP contribution in [0.2, 0.25) is 5.02 Å². The summed E-state index contributed by atoms with van der Waals surface area (Å²) in [5.74, 6) is -0.00206. The Morgan fingerprint density at radius 3 is 2.65 bits per heavy atom. The van der Waals surface area contributed by atoms with Gasteiger partial charge in [0, 0.05) is 18.1 Å². The van der Waals surface area contributed by atoms with Crippen molar-refractivity contribution in [3.8, 4) is 5.69 Å². The number of carbonyl (C=O) groups excluding carboxylic acids is 1. The number of nitrogens with zero attached hydrogens (tertiary/aromatic N) is 3. The molecule has 0 bridgehead atoms. The summed E-state index contributed by atoms with van der Waals surface area (Å²) in [6.45, 7) is 7.07. The van der Waals surface area contributed by atoms with Gasteiger partial charge in [0.2, 0.25) is 0 Å². The van der Waals surface area contributed by atoms with E-state index in [0.29, 0.717) is 23.7 Å². The van der Waals surface area contributed by atoms with E-state index in [0.717, 1.165) is 11.4 Å². The van der Waals surface area contributed by atoms with Crippen molar-refractivity contribution in [2.45, 2.75) is 33.0 Å². The van der Waals surface area contributed by atoms with Gasteiger partial charge in [0.25, 0.3) is 5.91 Å². The van der Waals surface area contributed by atoms with Gasteiger partial charge in [-0.3, -0.25) is 4.79 Å². The number of carbonyl (C=O) groups is 1. The van der Waals surface area contributed by atoms with E-state index < -0.39 is 0 Å². The third-order valence-electron chi connectivity index (χ3n) is 4.00. The molecular formula is C17H20ClN3O2. The van der Waals surface area contributed by atoms with Crippen molar-refractivity contribution in [2.24, 2.45) is 0 Å². The molecule has 0 saturated carbocycles. The van der Waals surface area contributed by atoms with E-state index in [-0.39, 0.29) is 18.1 Å². The van der Waals surface area contributed by atoms with E-state index in [9.17, 15) is 4.79 Å². The first-order valence-corrected chi connectivity index (χ1v) is 8.09. The number of halogens is 1. The minimum absolute atomic E-state index is 0.00206. The zero-order valence-corrected chi connectivity index (χ0v) is 14.2. The molecule has 2 aromatic rings. The van der Waals surface area contributed by atoms with E-state index in [1.807, 2.05) is 49.9 Å². The standard InChI is InChI=1S/C17H20ClN3O2/c1-11-9-20(10-12(2)23-11)17(22)16-8-19-21(13(16)3)15-6-4-5-14(18)7-15/h4-8,11-12H,9-10H2,1-3H3/t11-,12+. The monoisotopic (exact) mass is 333 g/mol. The normalized spacial score (nSPS) is 21.5. The molecule has 1 aromatic heterocycles. The number of benzene rings is 1. The van der Waals surface area contributed by atoms with Crippen LogP contribution in [0.1, 0.15) is 29.9 Å². The van der Waals surface area contributed by atoms with Gasteiger partial charge in [0.1, 0.15) is 0 Å². The van der Waals surface area contributed by atoms with Crippen molar-refractivity contribution in [3.63, 3.8) is 0 Å². The fourth-order valence-electron chi connectivity index (χ4n) is 3.00. The highest BCUT2D eigenvalue weighted by Crippen LogP contribution is 2.20. The summed E-state index contributed by atoms with van der Waals surface area (Å²) in [6.07, 6.45) is 1.72. The number of morpholine rings is 1. The molecule has 3 rings (SSSR count). The van der Waals surface area contributed by atoms with E-state index in [4.69, 9.17) is 16.3 Å². The Hall–Kier alpha value is -1.85. The van der Waals surface area contributed by atoms with Gasteiger partial charge in [-0.1, -0.05) is 17.7 Å². The zero-order valence-electron chi connectivity index (χ0n) is 13.5. The molecule has 1 aliphatic rings. The van der Waals surface area contributed by atoms with Crippen molar-refractivity contribution in [2.75, 3.05) is 13.1 Å². The van der Waals surface area contributed by atoms with Gasteiger partial charge in [-0.25, -0.2) is 4.68 Å². The molecule has 0 aliphatic carbocycles. The Bertz CT molecular complexity index is 718. The molecule has 2 atom stereocenters. The van der Waals surface area contributed by atoms with Gasteiger partial charge in [-0.15, -0.1) is 0 Å². The molecule has 1 fully saturated rings. The van der Waals surface area contributed by atoms with Crippen LogP contribution in [0.5, 0.6) is 0 Å². The second kappa shape index (κ2) is 6.34. The first-order valence-electron chi connectivity index (χ1n) is 7.71. The number of aromatic nitrogens is 2. The topological polar surface area (TPSA) is 47.4 Å². The highest BCUT2D eigenvalue weighted by molar-refractivity contribution is 6.30. The molecule has 0 unspecified atom stereocenters. The quantitative estimate of drug-likeness (QED) is 0.848. The van der Waals surface area contributed by atoms with E-state index in [1.54, 1.807) is 10.9 Å². The molecule has 23 heavy (non-hydrogen) atoms. The molecule has 1 amide bonds. The molecule has 1 aromatic carbocycles. The maximum absolute atomic E-state index is 12.8. The average Bonchev–Trinajstić information content (AvgIpc) is 2.87. The summed E-state index contributed by atoms with van der Waals surface area (Å²) >= 11 is 6.04. The maximum atomic E-state index is 12.8. The predicted octanol–water partition coefficient (Wildman–Crippen LogP) is 3.08. The lowest BCUT2D eigenvalue weighted by molar-refractivity contribution is -0.0586. The van der Waals surface area contributed by atoms with E-state index >= 15 is 0 Å².